The van der Waals surface area contributed by atoms with Crippen molar-refractivity contribution in [2.45, 2.75) is 13.5 Å². The van der Waals surface area contributed by atoms with Gasteiger partial charge in [0.2, 0.25) is 5.88 Å². The number of aromatic nitrogens is 3. The molecule has 0 amide bonds. The van der Waals surface area contributed by atoms with Gasteiger partial charge in [0, 0.05) is 61.6 Å². The van der Waals surface area contributed by atoms with Crippen LogP contribution in [0.1, 0.15) is 12.5 Å². The second-order valence-corrected chi connectivity index (χ2v) is 7.87. The zero-order valence-corrected chi connectivity index (χ0v) is 17.9. The summed E-state index contributed by atoms with van der Waals surface area (Å²) in [6, 6.07) is 14.1. The van der Waals surface area contributed by atoms with Gasteiger partial charge in [-0.2, -0.15) is 0 Å². The van der Waals surface area contributed by atoms with Gasteiger partial charge in [0.05, 0.1) is 24.5 Å². The molecule has 1 fully saturated rings. The number of aromatic amines is 1. The Kier molecular flexibility index (Phi) is 5.66. The van der Waals surface area contributed by atoms with Crippen molar-refractivity contribution in [1.29, 1.82) is 0 Å². The van der Waals surface area contributed by atoms with Crippen molar-refractivity contribution in [3.8, 4) is 28.3 Å². The van der Waals surface area contributed by atoms with Crippen molar-refractivity contribution in [1.82, 2.24) is 19.9 Å². The molecule has 1 aromatic carbocycles. The van der Waals surface area contributed by atoms with Crippen molar-refractivity contribution in [2.24, 2.45) is 0 Å². The van der Waals surface area contributed by atoms with Crippen molar-refractivity contribution >= 4 is 16.9 Å². The minimum atomic E-state index is -0.380. The summed E-state index contributed by atoms with van der Waals surface area (Å²) in [5, 5.41) is 0.941. The van der Waals surface area contributed by atoms with Crippen LogP contribution >= 0.6 is 0 Å². The number of H-pyrrole nitrogens is 1. The van der Waals surface area contributed by atoms with Crippen LogP contribution in [0, 0.1) is 0 Å². The number of nitrogens with one attached hydrogen (secondary N) is 1. The number of nitrogens with zero attached hydrogens (tertiary/aromatic N) is 3. The lowest BCUT2D eigenvalue weighted by Gasteiger charge is -2.26. The molecule has 4 aromatic rings. The van der Waals surface area contributed by atoms with E-state index in [1.807, 2.05) is 42.7 Å². The van der Waals surface area contributed by atoms with E-state index in [0.717, 1.165) is 71.7 Å². The van der Waals surface area contributed by atoms with E-state index >= 15 is 0 Å². The molecular weight excluding hydrogens is 404 g/mol. The fourth-order valence-electron chi connectivity index (χ4n) is 4.04. The van der Waals surface area contributed by atoms with Gasteiger partial charge < -0.3 is 14.5 Å². The fraction of sp³-hybridized carbons (Fsp3) is 0.240. The Morgan fingerprint density at radius 2 is 2.00 bits per heavy atom. The van der Waals surface area contributed by atoms with Crippen LogP contribution in [0.2, 0.25) is 0 Å². The maximum absolute atomic E-state index is 11.8. The zero-order valence-electron chi connectivity index (χ0n) is 17.9. The van der Waals surface area contributed by atoms with Gasteiger partial charge in [0.25, 0.3) is 0 Å². The third-order valence-electron chi connectivity index (χ3n) is 5.60. The Morgan fingerprint density at radius 1 is 1.12 bits per heavy atom. The second kappa shape index (κ2) is 8.90. The highest BCUT2D eigenvalue weighted by Gasteiger charge is 2.19. The molecule has 0 bridgehead atoms. The third kappa shape index (κ3) is 4.26. The number of esters is 1. The lowest BCUT2D eigenvalue weighted by atomic mass is 10.0. The number of benzene rings is 1. The van der Waals surface area contributed by atoms with Crippen LogP contribution in [0.4, 0.5) is 0 Å². The van der Waals surface area contributed by atoms with Gasteiger partial charge in [-0.05, 0) is 35.4 Å². The van der Waals surface area contributed by atoms with Crippen LogP contribution in [-0.2, 0) is 16.1 Å². The van der Waals surface area contributed by atoms with Gasteiger partial charge >= 0.3 is 5.97 Å². The smallest absolute Gasteiger partial charge is 0.309 e. The predicted molar refractivity (Wildman–Crippen MR) is 122 cm³/mol. The maximum atomic E-state index is 11.8. The summed E-state index contributed by atoms with van der Waals surface area (Å²) in [4.78, 5) is 26.3. The Hall–Kier alpha value is -3.55. The van der Waals surface area contributed by atoms with E-state index in [4.69, 9.17) is 14.5 Å². The molecule has 3 aromatic heterocycles. The first-order valence-electron chi connectivity index (χ1n) is 10.7. The van der Waals surface area contributed by atoms with Crippen LogP contribution in [0.25, 0.3) is 33.3 Å². The van der Waals surface area contributed by atoms with Crippen LogP contribution in [0.15, 0.2) is 61.1 Å². The molecule has 0 radical (unpaired) electrons. The lowest BCUT2D eigenvalue weighted by Crippen LogP contribution is -2.35. The van der Waals surface area contributed by atoms with Crippen molar-refractivity contribution in [3.05, 3.63) is 66.6 Å². The lowest BCUT2D eigenvalue weighted by molar-refractivity contribution is -0.132. The first kappa shape index (κ1) is 20.4. The topological polar surface area (TPSA) is 80.3 Å². The number of hydrogen-bond donors (Lipinski definition) is 1. The number of hydrogen-bond acceptors (Lipinski definition) is 6. The predicted octanol–water partition coefficient (Wildman–Crippen LogP) is 4.05. The average Bonchev–Trinajstić information content (AvgIpc) is 3.17. The van der Waals surface area contributed by atoms with E-state index in [9.17, 15) is 4.79 Å². The summed E-state index contributed by atoms with van der Waals surface area (Å²) in [5.41, 5.74) is 5.60. The second-order valence-electron chi connectivity index (χ2n) is 7.87. The fourth-order valence-corrected chi connectivity index (χ4v) is 4.04. The zero-order chi connectivity index (χ0) is 21.9. The molecule has 1 saturated heterocycles. The number of fused-ring (bicyclic) bond motifs is 1. The highest BCUT2D eigenvalue weighted by Crippen LogP contribution is 2.38. The van der Waals surface area contributed by atoms with Crippen molar-refractivity contribution in [3.63, 3.8) is 0 Å². The average molecular weight is 428 g/mol. The maximum Gasteiger partial charge on any atom is 0.309 e. The standard InChI is InChI=1S/C25H24N4O3/c1-17(30)32-25-24(23-6-4-18(14-27-23)16-29-9-11-31-12-10-29)21-13-19(5-7-22(21)28-25)20-3-2-8-26-15-20/h2-8,13-15,28H,9-12,16H2,1H3. The number of rotatable bonds is 5. The van der Waals surface area contributed by atoms with Gasteiger partial charge in [-0.25, -0.2) is 0 Å². The molecule has 0 atom stereocenters. The number of carbonyl (C=O) groups excluding carboxylic acids is 1. The van der Waals surface area contributed by atoms with Crippen LogP contribution in [-0.4, -0.2) is 52.1 Å². The van der Waals surface area contributed by atoms with Gasteiger partial charge in [-0.15, -0.1) is 0 Å². The monoisotopic (exact) mass is 428 g/mol. The molecular formula is C25H24N4O3. The van der Waals surface area contributed by atoms with E-state index in [1.54, 1.807) is 6.20 Å². The first-order valence-corrected chi connectivity index (χ1v) is 10.7. The number of morpholine rings is 1. The summed E-state index contributed by atoms with van der Waals surface area (Å²) in [6.07, 6.45) is 5.48. The van der Waals surface area contributed by atoms with E-state index in [0.29, 0.717) is 5.88 Å². The van der Waals surface area contributed by atoms with Gasteiger partial charge in [-0.1, -0.05) is 18.2 Å². The molecule has 1 aliphatic heterocycles. The quantitative estimate of drug-likeness (QED) is 0.483. The van der Waals surface area contributed by atoms with E-state index < -0.39 is 0 Å². The van der Waals surface area contributed by atoms with Crippen LogP contribution in [0.5, 0.6) is 5.88 Å². The molecule has 0 unspecified atom stereocenters. The molecule has 7 heteroatoms. The highest BCUT2D eigenvalue weighted by atomic mass is 16.5. The number of pyridine rings is 2. The first-order chi connectivity index (χ1) is 15.7. The Labute approximate surface area is 186 Å². The van der Waals surface area contributed by atoms with Gasteiger partial charge in [0.15, 0.2) is 0 Å². The van der Waals surface area contributed by atoms with Gasteiger partial charge in [-0.3, -0.25) is 19.7 Å². The molecule has 5 rings (SSSR count). The molecule has 1 aliphatic rings. The summed E-state index contributed by atoms with van der Waals surface area (Å²) in [6.45, 7) is 5.63. The Morgan fingerprint density at radius 3 is 2.72 bits per heavy atom. The number of carbonyl (C=O) groups is 1. The van der Waals surface area contributed by atoms with E-state index in [1.165, 1.54) is 6.92 Å². The van der Waals surface area contributed by atoms with Crippen LogP contribution in [0.3, 0.4) is 0 Å². The van der Waals surface area contributed by atoms with Crippen molar-refractivity contribution < 1.29 is 14.3 Å². The minimum Gasteiger partial charge on any atom is -0.409 e. The molecule has 0 saturated carbocycles. The largest absolute Gasteiger partial charge is 0.409 e. The molecule has 162 valence electrons. The summed E-state index contributed by atoms with van der Waals surface area (Å²) in [7, 11) is 0. The SMILES string of the molecule is CC(=O)Oc1[nH]c2ccc(-c3cccnc3)cc2c1-c1ccc(CN2CCOCC2)cn1. The molecule has 7 nitrogen and oxygen atoms in total. The summed E-state index contributed by atoms with van der Waals surface area (Å²) < 4.78 is 10.9. The highest BCUT2D eigenvalue weighted by molar-refractivity contribution is 6.01. The normalized spacial score (nSPS) is 14.5. The third-order valence-corrected chi connectivity index (χ3v) is 5.60. The summed E-state index contributed by atoms with van der Waals surface area (Å²) >= 11 is 0. The molecule has 4 heterocycles. The number of ether oxygens (including phenoxy) is 2. The molecule has 0 spiro atoms. The van der Waals surface area contributed by atoms with E-state index in [-0.39, 0.29) is 5.97 Å². The van der Waals surface area contributed by atoms with Crippen molar-refractivity contribution in [2.75, 3.05) is 26.3 Å². The minimum absolute atomic E-state index is 0.380. The van der Waals surface area contributed by atoms with E-state index in [2.05, 4.69) is 27.0 Å². The summed E-state index contributed by atoms with van der Waals surface area (Å²) in [5.74, 6) is 0.0264. The van der Waals surface area contributed by atoms with Gasteiger partial charge in [0.1, 0.15) is 0 Å². The molecule has 0 aliphatic carbocycles. The van der Waals surface area contributed by atoms with Crippen LogP contribution < -0.4 is 4.74 Å². The molecule has 1 N–H and O–H groups in total. The Bertz CT molecular complexity index is 1230. The molecule has 32 heavy (non-hydrogen) atoms. The Balaban J connectivity index is 1.53.